The Hall–Kier alpha value is -0.560. The first-order valence-electron chi connectivity index (χ1n) is 4.22. The zero-order valence-electron chi connectivity index (χ0n) is 7.35. The molecule has 72 valence electrons. The number of aryl methyl sites for hydroxylation is 2. The second-order valence-corrected chi connectivity index (χ2v) is 4.58. The van der Waals surface area contributed by atoms with Gasteiger partial charge in [-0.25, -0.2) is 4.98 Å². The topological polar surface area (TPSA) is 38.7 Å². The molecule has 0 radical (unpaired) electrons. The van der Waals surface area contributed by atoms with E-state index < -0.39 is 0 Å². The molecule has 0 aliphatic rings. The van der Waals surface area contributed by atoms with Gasteiger partial charge >= 0.3 is 0 Å². The summed E-state index contributed by atoms with van der Waals surface area (Å²) in [7, 11) is 0. The first kappa shape index (κ1) is 9.97. The Bertz CT molecular complexity index is 401. The molecule has 14 heavy (non-hydrogen) atoms. The van der Waals surface area contributed by atoms with Crippen molar-refractivity contribution in [1.29, 1.82) is 0 Å². The van der Waals surface area contributed by atoms with Crippen molar-refractivity contribution in [3.63, 3.8) is 0 Å². The van der Waals surface area contributed by atoms with Crippen LogP contribution in [0.15, 0.2) is 24.4 Å². The summed E-state index contributed by atoms with van der Waals surface area (Å²) in [6.45, 7) is 0. The molecule has 0 saturated heterocycles. The molecule has 0 fully saturated rings. The predicted octanol–water partition coefficient (Wildman–Crippen LogP) is 2.32. The molecule has 0 amide bonds. The highest BCUT2D eigenvalue weighted by Crippen LogP contribution is 2.09. The molecule has 0 atom stereocenters. The zero-order valence-corrected chi connectivity index (χ0v) is 10.3. The number of nitrogens with zero attached hydrogens (tertiary/aromatic N) is 3. The van der Waals surface area contributed by atoms with Crippen LogP contribution in [0.4, 0.5) is 0 Å². The molecule has 2 aromatic heterocycles. The van der Waals surface area contributed by atoms with Crippen LogP contribution in [0.5, 0.6) is 0 Å². The number of pyridine rings is 1. The van der Waals surface area contributed by atoms with Gasteiger partial charge in [0, 0.05) is 40.9 Å². The Morgan fingerprint density at radius 2 is 2.21 bits per heavy atom. The molecule has 0 bridgehead atoms. The summed E-state index contributed by atoms with van der Waals surface area (Å²) in [6.07, 6.45) is 3.68. The van der Waals surface area contributed by atoms with E-state index in [0.717, 1.165) is 27.4 Å². The van der Waals surface area contributed by atoms with E-state index in [1.165, 1.54) is 11.5 Å². The Balaban J connectivity index is 1.95. The maximum absolute atomic E-state index is 4.29. The summed E-state index contributed by atoms with van der Waals surface area (Å²) in [5.74, 6) is 0. The highest BCUT2D eigenvalue weighted by atomic mass is 127. The minimum absolute atomic E-state index is 0.837. The lowest BCUT2D eigenvalue weighted by Gasteiger charge is -1.95. The molecular weight excluding hydrogens is 309 g/mol. The van der Waals surface area contributed by atoms with Gasteiger partial charge in [0.2, 0.25) is 3.83 Å². The van der Waals surface area contributed by atoms with Gasteiger partial charge in [-0.3, -0.25) is 4.98 Å². The average Bonchev–Trinajstić information content (AvgIpc) is 2.63. The van der Waals surface area contributed by atoms with Gasteiger partial charge in [0.05, 0.1) is 0 Å². The molecule has 0 saturated carbocycles. The van der Waals surface area contributed by atoms with E-state index in [1.54, 1.807) is 0 Å². The highest BCUT2D eigenvalue weighted by molar-refractivity contribution is 14.1. The van der Waals surface area contributed by atoms with Crippen molar-refractivity contribution in [2.24, 2.45) is 0 Å². The van der Waals surface area contributed by atoms with Gasteiger partial charge in [-0.15, -0.1) is 0 Å². The van der Waals surface area contributed by atoms with E-state index in [4.69, 9.17) is 0 Å². The normalized spacial score (nSPS) is 10.4. The molecule has 0 aliphatic carbocycles. The molecule has 3 nitrogen and oxygen atoms in total. The van der Waals surface area contributed by atoms with Crippen molar-refractivity contribution in [2.45, 2.75) is 12.8 Å². The van der Waals surface area contributed by atoms with Gasteiger partial charge < -0.3 is 0 Å². The molecular formula is C9H8IN3S. The van der Waals surface area contributed by atoms with Gasteiger partial charge in [-0.1, -0.05) is 6.07 Å². The third-order valence-corrected chi connectivity index (χ3v) is 3.34. The van der Waals surface area contributed by atoms with E-state index >= 15 is 0 Å². The third-order valence-electron chi connectivity index (χ3n) is 1.76. The van der Waals surface area contributed by atoms with E-state index in [0.29, 0.717) is 0 Å². The maximum atomic E-state index is 4.29. The number of rotatable bonds is 3. The van der Waals surface area contributed by atoms with Gasteiger partial charge in [-0.05, 0) is 30.1 Å². The van der Waals surface area contributed by atoms with E-state index in [1.807, 2.05) is 24.4 Å². The van der Waals surface area contributed by atoms with Crippen LogP contribution in [0, 0.1) is 3.83 Å². The zero-order chi connectivity index (χ0) is 9.80. The largest absolute Gasteiger partial charge is 0.261 e. The van der Waals surface area contributed by atoms with Gasteiger partial charge in [0.1, 0.15) is 5.01 Å². The molecule has 0 N–H and O–H groups in total. The van der Waals surface area contributed by atoms with Crippen molar-refractivity contribution >= 4 is 34.1 Å². The Morgan fingerprint density at radius 3 is 2.86 bits per heavy atom. The number of aromatic nitrogens is 3. The average molecular weight is 317 g/mol. The first-order valence-corrected chi connectivity index (χ1v) is 6.08. The third kappa shape index (κ3) is 2.71. The van der Waals surface area contributed by atoms with Crippen molar-refractivity contribution in [3.05, 3.63) is 38.9 Å². The molecule has 2 rings (SSSR count). The lowest BCUT2D eigenvalue weighted by molar-refractivity contribution is 0.899. The maximum Gasteiger partial charge on any atom is 0.203 e. The summed E-state index contributed by atoms with van der Waals surface area (Å²) < 4.78 is 4.96. The number of hydrogen-bond acceptors (Lipinski definition) is 4. The Morgan fingerprint density at radius 1 is 1.29 bits per heavy atom. The molecule has 0 aromatic carbocycles. The van der Waals surface area contributed by atoms with Crippen molar-refractivity contribution in [1.82, 2.24) is 14.3 Å². The van der Waals surface area contributed by atoms with Gasteiger partial charge in [-0.2, -0.15) is 4.37 Å². The van der Waals surface area contributed by atoms with Crippen molar-refractivity contribution < 1.29 is 0 Å². The Kier molecular flexibility index (Phi) is 3.41. The fourth-order valence-corrected chi connectivity index (χ4v) is 2.41. The van der Waals surface area contributed by atoms with Gasteiger partial charge in [0.15, 0.2) is 0 Å². The Labute approximate surface area is 99.9 Å². The summed E-state index contributed by atoms with van der Waals surface area (Å²) in [6, 6.07) is 5.97. The molecule has 2 heterocycles. The summed E-state index contributed by atoms with van der Waals surface area (Å²) in [4.78, 5) is 8.55. The predicted molar refractivity (Wildman–Crippen MR) is 64.3 cm³/mol. The van der Waals surface area contributed by atoms with Crippen molar-refractivity contribution in [2.75, 3.05) is 0 Å². The van der Waals surface area contributed by atoms with Crippen LogP contribution in [-0.4, -0.2) is 14.3 Å². The molecule has 0 spiro atoms. The second kappa shape index (κ2) is 4.79. The lowest BCUT2D eigenvalue weighted by atomic mass is 10.2. The lowest BCUT2D eigenvalue weighted by Crippen LogP contribution is -1.93. The van der Waals surface area contributed by atoms with Crippen LogP contribution in [-0.2, 0) is 12.8 Å². The van der Waals surface area contributed by atoms with E-state index in [2.05, 4.69) is 36.9 Å². The standard InChI is InChI=1S/C9H8IN3S/c10-9-12-8(14-13-9)5-4-7-3-1-2-6-11-7/h1-3,6H,4-5H2. The fourth-order valence-electron chi connectivity index (χ4n) is 1.12. The molecule has 0 aliphatic heterocycles. The molecule has 2 aromatic rings. The second-order valence-electron chi connectivity index (χ2n) is 2.78. The summed E-state index contributed by atoms with van der Waals surface area (Å²) >= 11 is 3.60. The monoisotopic (exact) mass is 317 g/mol. The molecule has 5 heteroatoms. The molecule has 0 unspecified atom stereocenters. The minimum Gasteiger partial charge on any atom is -0.261 e. The van der Waals surface area contributed by atoms with Crippen LogP contribution in [0.25, 0.3) is 0 Å². The van der Waals surface area contributed by atoms with Crippen LogP contribution in [0.1, 0.15) is 10.7 Å². The summed E-state index contributed by atoms with van der Waals surface area (Å²) in [5.41, 5.74) is 1.11. The minimum atomic E-state index is 0.837. The van der Waals surface area contributed by atoms with E-state index in [-0.39, 0.29) is 0 Å². The SMILES string of the molecule is Ic1nsc(CCc2ccccn2)n1. The van der Waals surface area contributed by atoms with Crippen LogP contribution in [0.3, 0.4) is 0 Å². The van der Waals surface area contributed by atoms with Crippen LogP contribution < -0.4 is 0 Å². The van der Waals surface area contributed by atoms with Crippen LogP contribution in [0.2, 0.25) is 0 Å². The smallest absolute Gasteiger partial charge is 0.203 e. The quantitative estimate of drug-likeness (QED) is 0.816. The highest BCUT2D eigenvalue weighted by Gasteiger charge is 2.01. The van der Waals surface area contributed by atoms with Crippen LogP contribution >= 0.6 is 34.1 Å². The van der Waals surface area contributed by atoms with E-state index in [9.17, 15) is 0 Å². The van der Waals surface area contributed by atoms with Crippen molar-refractivity contribution in [3.8, 4) is 0 Å². The first-order chi connectivity index (χ1) is 6.84. The number of halogens is 1. The summed E-state index contributed by atoms with van der Waals surface area (Å²) in [5, 5.41) is 1.08. The fraction of sp³-hybridized carbons (Fsp3) is 0.222. The van der Waals surface area contributed by atoms with Gasteiger partial charge in [0.25, 0.3) is 0 Å². The number of hydrogen-bond donors (Lipinski definition) is 0.